The van der Waals surface area contributed by atoms with Gasteiger partial charge in [-0.25, -0.2) is 0 Å². The maximum atomic E-state index is 12.9. The topological polar surface area (TPSA) is 45.7 Å². The number of carbonyl (C=O) groups excluding carboxylic acids is 1. The minimum atomic E-state index is -4.46. The Balaban J connectivity index is 1.79. The third kappa shape index (κ3) is 5.20. The summed E-state index contributed by atoms with van der Waals surface area (Å²) >= 11 is 0. The van der Waals surface area contributed by atoms with Gasteiger partial charge >= 0.3 is 6.18 Å². The molecule has 1 amide bonds. The number of amides is 1. The summed E-state index contributed by atoms with van der Waals surface area (Å²) in [5, 5.41) is 4.49. The van der Waals surface area contributed by atoms with Crippen molar-refractivity contribution in [3.8, 4) is 0 Å². The van der Waals surface area contributed by atoms with Crippen molar-refractivity contribution in [3.63, 3.8) is 0 Å². The van der Waals surface area contributed by atoms with Crippen LogP contribution in [0.15, 0.2) is 84.9 Å². The molecule has 0 fully saturated rings. The zero-order chi connectivity index (χ0) is 20.0. The van der Waals surface area contributed by atoms with Gasteiger partial charge in [-0.1, -0.05) is 66.7 Å². The van der Waals surface area contributed by atoms with Crippen LogP contribution in [0.2, 0.25) is 0 Å². The fourth-order valence-corrected chi connectivity index (χ4v) is 2.92. The van der Waals surface area contributed by atoms with Crippen molar-refractivity contribution >= 4 is 11.6 Å². The molecule has 3 rings (SSSR count). The number of hydrogen-bond acceptors (Lipinski definition) is 1. The molecule has 0 saturated heterocycles. The van der Waals surface area contributed by atoms with Crippen LogP contribution in [0.25, 0.3) is 0 Å². The lowest BCUT2D eigenvalue weighted by Crippen LogP contribution is -2.85. The Kier molecular flexibility index (Phi) is 6.11. The van der Waals surface area contributed by atoms with E-state index in [1.807, 2.05) is 66.0 Å². The van der Waals surface area contributed by atoms with Gasteiger partial charge in [0.2, 0.25) is 0 Å². The molecule has 0 radical (unpaired) electrons. The van der Waals surface area contributed by atoms with Crippen LogP contribution >= 0.6 is 0 Å². The quantitative estimate of drug-likeness (QED) is 0.658. The first-order valence-corrected chi connectivity index (χ1v) is 8.84. The molecule has 3 aromatic rings. The van der Waals surface area contributed by atoms with E-state index >= 15 is 0 Å². The average molecular weight is 385 g/mol. The first-order valence-electron chi connectivity index (χ1n) is 8.84. The fraction of sp³-hybridized carbons (Fsp3) is 0.136. The van der Waals surface area contributed by atoms with Crippen molar-refractivity contribution in [3.05, 3.63) is 102 Å². The highest BCUT2D eigenvalue weighted by Gasteiger charge is 2.31. The molecule has 0 bridgehead atoms. The third-order valence-corrected chi connectivity index (χ3v) is 4.33. The molecule has 0 unspecified atom stereocenters. The Morgan fingerprint density at radius 3 is 2.18 bits per heavy atom. The first-order chi connectivity index (χ1) is 13.4. The highest BCUT2D eigenvalue weighted by atomic mass is 19.4. The monoisotopic (exact) mass is 385 g/mol. The minimum Gasteiger partial charge on any atom is -0.328 e. The molecule has 28 heavy (non-hydrogen) atoms. The number of nitrogens with two attached hydrogens (primary N) is 1. The van der Waals surface area contributed by atoms with Crippen LogP contribution in [-0.4, -0.2) is 5.91 Å². The fourth-order valence-electron chi connectivity index (χ4n) is 2.92. The minimum absolute atomic E-state index is 0.119. The zero-order valence-electron chi connectivity index (χ0n) is 15.0. The summed E-state index contributed by atoms with van der Waals surface area (Å²) in [5.41, 5.74) is 1.15. The predicted octanol–water partition coefficient (Wildman–Crippen LogP) is 4.15. The van der Waals surface area contributed by atoms with Gasteiger partial charge in [-0.2, -0.15) is 13.2 Å². The number of carbonyl (C=O) groups is 1. The van der Waals surface area contributed by atoms with Crippen molar-refractivity contribution in [2.45, 2.75) is 18.8 Å². The molecular formula is C22H20F3N2O+. The van der Waals surface area contributed by atoms with Gasteiger partial charge in [-0.15, -0.1) is 0 Å². The summed E-state index contributed by atoms with van der Waals surface area (Å²) in [4.78, 5) is 12.9. The third-order valence-electron chi connectivity index (χ3n) is 4.33. The molecule has 0 saturated carbocycles. The lowest BCUT2D eigenvalue weighted by atomic mass is 10.1. The lowest BCUT2D eigenvalue weighted by Gasteiger charge is -2.17. The number of alkyl halides is 3. The molecule has 3 N–H and O–H groups in total. The summed E-state index contributed by atoms with van der Waals surface area (Å²) in [6, 6.07) is 22.9. The van der Waals surface area contributed by atoms with E-state index < -0.39 is 17.8 Å². The molecule has 0 aromatic heterocycles. The molecule has 0 spiro atoms. The number of halogens is 3. The molecule has 6 heteroatoms. The number of rotatable bonds is 6. The number of benzene rings is 3. The number of quaternary nitrogens is 1. The van der Waals surface area contributed by atoms with Crippen molar-refractivity contribution in [2.75, 3.05) is 5.32 Å². The van der Waals surface area contributed by atoms with E-state index in [1.165, 1.54) is 12.1 Å². The highest BCUT2D eigenvalue weighted by Crippen LogP contribution is 2.30. The van der Waals surface area contributed by atoms with Crippen LogP contribution in [0.5, 0.6) is 0 Å². The predicted molar refractivity (Wildman–Crippen MR) is 101 cm³/mol. The summed E-state index contributed by atoms with van der Waals surface area (Å²) < 4.78 is 38.8. The van der Waals surface area contributed by atoms with Gasteiger partial charge in [0.15, 0.2) is 6.04 Å². The first kappa shape index (κ1) is 19.6. The smallest absolute Gasteiger partial charge is 0.328 e. The van der Waals surface area contributed by atoms with E-state index in [9.17, 15) is 18.0 Å². The van der Waals surface area contributed by atoms with Gasteiger partial charge < -0.3 is 10.6 Å². The Hall–Kier alpha value is -3.12. The summed E-state index contributed by atoms with van der Waals surface area (Å²) in [6.07, 6.45) is -4.46. The largest absolute Gasteiger partial charge is 0.416 e. The van der Waals surface area contributed by atoms with Crippen molar-refractivity contribution in [1.82, 2.24) is 0 Å². The van der Waals surface area contributed by atoms with E-state index in [4.69, 9.17) is 0 Å². The molecule has 0 aliphatic rings. The van der Waals surface area contributed by atoms with Gasteiger partial charge in [0.25, 0.3) is 5.91 Å². The van der Waals surface area contributed by atoms with Crippen LogP contribution in [0.3, 0.4) is 0 Å². The number of hydrogen-bond donors (Lipinski definition) is 2. The van der Waals surface area contributed by atoms with E-state index in [-0.39, 0.29) is 11.6 Å². The van der Waals surface area contributed by atoms with Crippen LogP contribution in [0, 0.1) is 0 Å². The van der Waals surface area contributed by atoms with Gasteiger partial charge in [-0.05, 0) is 18.2 Å². The average Bonchev–Trinajstić information content (AvgIpc) is 2.69. The maximum Gasteiger partial charge on any atom is 0.416 e. The molecule has 144 valence electrons. The molecule has 0 aliphatic carbocycles. The number of nitrogens with one attached hydrogen (secondary N) is 1. The van der Waals surface area contributed by atoms with Gasteiger partial charge in [-0.3, -0.25) is 4.79 Å². The van der Waals surface area contributed by atoms with E-state index in [0.29, 0.717) is 6.54 Å². The molecule has 3 nitrogen and oxygen atoms in total. The summed E-state index contributed by atoms with van der Waals surface area (Å²) in [7, 11) is 0. The SMILES string of the molecule is O=C(Nc1cccc(C(F)(F)F)c1)[C@H]([NH2+]Cc1ccccc1)c1ccccc1. The van der Waals surface area contributed by atoms with E-state index in [2.05, 4.69) is 5.32 Å². The Bertz CT molecular complexity index is 912. The molecule has 0 heterocycles. The second kappa shape index (κ2) is 8.71. The van der Waals surface area contributed by atoms with Crippen LogP contribution in [0.4, 0.5) is 18.9 Å². The van der Waals surface area contributed by atoms with Crippen LogP contribution in [-0.2, 0) is 17.5 Å². The normalized spacial score (nSPS) is 12.4. The van der Waals surface area contributed by atoms with Gasteiger partial charge in [0.1, 0.15) is 6.54 Å². The van der Waals surface area contributed by atoms with Crippen LogP contribution < -0.4 is 10.6 Å². The van der Waals surface area contributed by atoms with Crippen molar-refractivity contribution in [2.24, 2.45) is 0 Å². The molecule has 1 atom stereocenters. The molecule has 3 aromatic carbocycles. The Labute approximate surface area is 161 Å². The van der Waals surface area contributed by atoms with Crippen molar-refractivity contribution in [1.29, 1.82) is 0 Å². The molecule has 0 aliphatic heterocycles. The van der Waals surface area contributed by atoms with E-state index in [1.54, 1.807) is 0 Å². The van der Waals surface area contributed by atoms with Crippen LogP contribution in [0.1, 0.15) is 22.7 Å². The lowest BCUT2D eigenvalue weighted by molar-refractivity contribution is -0.697. The van der Waals surface area contributed by atoms with Crippen molar-refractivity contribution < 1.29 is 23.3 Å². The van der Waals surface area contributed by atoms with Gasteiger partial charge in [0, 0.05) is 16.8 Å². The molecular weight excluding hydrogens is 365 g/mol. The Morgan fingerprint density at radius 2 is 1.54 bits per heavy atom. The summed E-state index contributed by atoms with van der Waals surface area (Å²) in [6.45, 7) is 0.566. The second-order valence-electron chi connectivity index (χ2n) is 6.38. The van der Waals surface area contributed by atoms with Gasteiger partial charge in [0.05, 0.1) is 5.56 Å². The maximum absolute atomic E-state index is 12.9. The highest BCUT2D eigenvalue weighted by molar-refractivity contribution is 5.94. The standard InChI is InChI=1S/C22H19F3N2O/c23-22(24,25)18-12-7-13-19(14-18)27-21(28)20(17-10-5-2-6-11-17)26-15-16-8-3-1-4-9-16/h1-14,20,26H,15H2,(H,27,28)/p+1/t20-/m1/s1. The van der Waals surface area contributed by atoms with E-state index in [0.717, 1.165) is 23.3 Å². The Morgan fingerprint density at radius 1 is 0.893 bits per heavy atom. The second-order valence-corrected chi connectivity index (χ2v) is 6.38. The number of anilines is 1. The zero-order valence-corrected chi connectivity index (χ0v) is 15.0. The summed E-state index contributed by atoms with van der Waals surface area (Å²) in [5.74, 6) is -0.374.